The lowest BCUT2D eigenvalue weighted by Gasteiger charge is -2.39. The molecule has 132 valence electrons. The average Bonchev–Trinajstić information content (AvgIpc) is 2.61. The van der Waals surface area contributed by atoms with Gasteiger partial charge in [0.05, 0.1) is 18.8 Å². The summed E-state index contributed by atoms with van der Waals surface area (Å²) in [6.07, 6.45) is 0. The van der Waals surface area contributed by atoms with Gasteiger partial charge in [0, 0.05) is 24.7 Å². The number of amides is 1. The molecule has 0 N–H and O–H groups in total. The molecule has 3 rings (SSSR count). The van der Waals surface area contributed by atoms with Gasteiger partial charge in [0.15, 0.2) is 0 Å². The summed E-state index contributed by atoms with van der Waals surface area (Å²) in [6, 6.07) is 11.3. The zero-order valence-electron chi connectivity index (χ0n) is 14.2. The number of nitrogens with zero attached hydrogens (tertiary/aromatic N) is 2. The Labute approximate surface area is 151 Å². The zero-order valence-corrected chi connectivity index (χ0v) is 15.0. The number of ether oxygens (including phenoxy) is 1. The van der Waals surface area contributed by atoms with Crippen molar-refractivity contribution in [3.05, 3.63) is 58.9 Å². The third-order valence-electron chi connectivity index (χ3n) is 4.51. The summed E-state index contributed by atoms with van der Waals surface area (Å²) in [4.78, 5) is 16.7. The van der Waals surface area contributed by atoms with Crippen LogP contribution in [-0.4, -0.2) is 37.0 Å². The second-order valence-corrected chi connectivity index (χ2v) is 6.52. The quantitative estimate of drug-likeness (QED) is 0.831. The largest absolute Gasteiger partial charge is 0.495 e. The Morgan fingerprint density at radius 3 is 2.60 bits per heavy atom. The van der Waals surface area contributed by atoms with Crippen LogP contribution in [-0.2, 0) is 11.3 Å². The first-order valence-corrected chi connectivity index (χ1v) is 8.51. The van der Waals surface area contributed by atoms with E-state index in [0.717, 1.165) is 5.56 Å². The number of carbonyl (C=O) groups excluding carboxylic acids is 1. The third kappa shape index (κ3) is 3.78. The molecule has 0 radical (unpaired) electrons. The van der Waals surface area contributed by atoms with Crippen LogP contribution in [0.3, 0.4) is 0 Å². The molecule has 1 fully saturated rings. The fraction of sp³-hybridized carbons (Fsp3) is 0.316. The Morgan fingerprint density at radius 1 is 1.20 bits per heavy atom. The average molecular weight is 363 g/mol. The van der Waals surface area contributed by atoms with Gasteiger partial charge in [0.25, 0.3) is 0 Å². The fourth-order valence-electron chi connectivity index (χ4n) is 3.07. The van der Waals surface area contributed by atoms with Crippen LogP contribution in [0.4, 0.5) is 10.1 Å². The van der Waals surface area contributed by atoms with Crippen molar-refractivity contribution in [3.63, 3.8) is 0 Å². The second kappa shape index (κ2) is 7.42. The van der Waals surface area contributed by atoms with E-state index in [1.165, 1.54) is 12.1 Å². The van der Waals surface area contributed by atoms with E-state index in [0.29, 0.717) is 36.1 Å². The summed E-state index contributed by atoms with van der Waals surface area (Å²) in [5, 5.41) is 0.560. The highest BCUT2D eigenvalue weighted by Crippen LogP contribution is 2.33. The van der Waals surface area contributed by atoms with E-state index in [2.05, 4.69) is 4.90 Å². The van der Waals surface area contributed by atoms with Crippen molar-refractivity contribution in [2.45, 2.75) is 19.5 Å². The van der Waals surface area contributed by atoms with E-state index in [1.54, 1.807) is 42.3 Å². The Bertz CT molecular complexity index is 767. The highest BCUT2D eigenvalue weighted by Gasteiger charge is 2.33. The molecular weight excluding hydrogens is 343 g/mol. The normalized spacial score (nSPS) is 18.5. The maximum Gasteiger partial charge on any atom is 0.244 e. The topological polar surface area (TPSA) is 32.8 Å². The molecule has 6 heteroatoms. The van der Waals surface area contributed by atoms with Gasteiger partial charge < -0.3 is 9.64 Å². The van der Waals surface area contributed by atoms with Crippen molar-refractivity contribution in [2.75, 3.05) is 25.1 Å². The number of carbonyl (C=O) groups is 1. The molecule has 1 aliphatic rings. The van der Waals surface area contributed by atoms with E-state index in [-0.39, 0.29) is 17.8 Å². The van der Waals surface area contributed by atoms with Gasteiger partial charge in [-0.1, -0.05) is 23.7 Å². The Balaban J connectivity index is 1.77. The van der Waals surface area contributed by atoms with E-state index in [4.69, 9.17) is 16.3 Å². The van der Waals surface area contributed by atoms with Crippen molar-refractivity contribution in [1.29, 1.82) is 0 Å². The van der Waals surface area contributed by atoms with Gasteiger partial charge >= 0.3 is 0 Å². The summed E-state index contributed by atoms with van der Waals surface area (Å²) in [7, 11) is 1.57. The van der Waals surface area contributed by atoms with Crippen molar-refractivity contribution in [3.8, 4) is 5.75 Å². The van der Waals surface area contributed by atoms with Crippen molar-refractivity contribution in [2.24, 2.45) is 0 Å². The molecular formula is C19H20ClFN2O2. The predicted molar refractivity (Wildman–Crippen MR) is 96.6 cm³/mol. The van der Waals surface area contributed by atoms with Gasteiger partial charge in [-0.2, -0.15) is 0 Å². The first-order valence-electron chi connectivity index (χ1n) is 8.13. The first kappa shape index (κ1) is 17.7. The molecule has 1 atom stereocenters. The summed E-state index contributed by atoms with van der Waals surface area (Å²) >= 11 is 6.09. The number of rotatable bonds is 4. The van der Waals surface area contributed by atoms with Gasteiger partial charge in [-0.25, -0.2) is 4.39 Å². The number of methoxy groups -OCH3 is 1. The van der Waals surface area contributed by atoms with Crippen LogP contribution >= 0.6 is 11.6 Å². The van der Waals surface area contributed by atoms with Crippen molar-refractivity contribution >= 4 is 23.2 Å². The molecule has 0 spiro atoms. The van der Waals surface area contributed by atoms with E-state index < -0.39 is 0 Å². The van der Waals surface area contributed by atoms with Crippen LogP contribution in [0.15, 0.2) is 42.5 Å². The zero-order chi connectivity index (χ0) is 18.0. The number of halogens is 2. The smallest absolute Gasteiger partial charge is 0.244 e. The molecule has 0 aromatic heterocycles. The summed E-state index contributed by atoms with van der Waals surface area (Å²) in [6.45, 7) is 3.74. The van der Waals surface area contributed by atoms with Gasteiger partial charge in [-0.3, -0.25) is 9.69 Å². The van der Waals surface area contributed by atoms with Gasteiger partial charge in [0.1, 0.15) is 11.6 Å². The fourth-order valence-corrected chi connectivity index (χ4v) is 3.23. The lowest BCUT2D eigenvalue weighted by molar-refractivity contribution is -0.125. The molecule has 1 aliphatic heterocycles. The number of hydrogen-bond acceptors (Lipinski definition) is 3. The van der Waals surface area contributed by atoms with Crippen molar-refractivity contribution in [1.82, 2.24) is 4.90 Å². The van der Waals surface area contributed by atoms with Crippen LogP contribution in [0.1, 0.15) is 12.5 Å². The first-order chi connectivity index (χ1) is 12.0. The molecule has 25 heavy (non-hydrogen) atoms. The van der Waals surface area contributed by atoms with Crippen LogP contribution in [0.25, 0.3) is 0 Å². The number of hydrogen-bond donors (Lipinski definition) is 0. The molecule has 0 unspecified atom stereocenters. The number of anilines is 1. The second-order valence-electron chi connectivity index (χ2n) is 6.08. The van der Waals surface area contributed by atoms with Gasteiger partial charge in [0.2, 0.25) is 5.91 Å². The van der Waals surface area contributed by atoms with E-state index in [1.807, 2.05) is 6.92 Å². The molecule has 1 saturated heterocycles. The summed E-state index contributed by atoms with van der Waals surface area (Å²) < 4.78 is 18.4. The molecule has 0 aliphatic carbocycles. The molecule has 0 saturated carbocycles. The van der Waals surface area contributed by atoms with Crippen LogP contribution in [0, 0.1) is 5.82 Å². The van der Waals surface area contributed by atoms with E-state index >= 15 is 0 Å². The molecule has 2 aromatic rings. The summed E-state index contributed by atoms with van der Waals surface area (Å²) in [5.74, 6) is 0.358. The minimum Gasteiger partial charge on any atom is -0.495 e. The number of piperazine rings is 1. The summed E-state index contributed by atoms with van der Waals surface area (Å²) in [5.41, 5.74) is 1.67. The third-order valence-corrected chi connectivity index (χ3v) is 4.75. The highest BCUT2D eigenvalue weighted by atomic mass is 35.5. The lowest BCUT2D eigenvalue weighted by Crippen LogP contribution is -2.55. The molecule has 2 aromatic carbocycles. The van der Waals surface area contributed by atoms with Crippen molar-refractivity contribution < 1.29 is 13.9 Å². The molecule has 1 heterocycles. The van der Waals surface area contributed by atoms with E-state index in [9.17, 15) is 9.18 Å². The Morgan fingerprint density at radius 2 is 1.92 bits per heavy atom. The SMILES string of the molecule is COc1ccc(Cl)cc1N1CCN(Cc2ccc(F)cc2)[C@H](C)C1=O. The monoisotopic (exact) mass is 362 g/mol. The van der Waals surface area contributed by atoms with Crippen LogP contribution in [0.2, 0.25) is 5.02 Å². The standard InChI is InChI=1S/C19H20ClFN2O2/c1-13-19(24)23(17-11-15(20)5-8-18(17)25-2)10-9-22(13)12-14-3-6-16(21)7-4-14/h3-8,11,13H,9-10,12H2,1-2H3/t13-/m1/s1. The van der Waals surface area contributed by atoms with Gasteiger partial charge in [-0.05, 0) is 42.8 Å². The minimum absolute atomic E-state index is 0.00562. The molecule has 4 nitrogen and oxygen atoms in total. The minimum atomic E-state index is -0.289. The molecule has 0 bridgehead atoms. The predicted octanol–water partition coefficient (Wildman–Crippen LogP) is 3.73. The van der Waals surface area contributed by atoms with Gasteiger partial charge in [-0.15, -0.1) is 0 Å². The lowest BCUT2D eigenvalue weighted by atomic mass is 10.1. The van der Waals surface area contributed by atoms with Crippen LogP contribution < -0.4 is 9.64 Å². The number of benzene rings is 2. The molecule has 1 amide bonds. The Kier molecular flexibility index (Phi) is 5.25. The maximum atomic E-state index is 13.0. The highest BCUT2D eigenvalue weighted by molar-refractivity contribution is 6.31. The van der Waals surface area contributed by atoms with Crippen LogP contribution in [0.5, 0.6) is 5.75 Å². The maximum absolute atomic E-state index is 13.0. The Hall–Kier alpha value is -2.11.